The first-order chi connectivity index (χ1) is 14.9. The number of piperidine rings is 1. The zero-order valence-corrected chi connectivity index (χ0v) is 19.1. The van der Waals surface area contributed by atoms with Gasteiger partial charge in [-0.05, 0) is 63.1 Å². The Morgan fingerprint density at radius 1 is 1.13 bits per heavy atom. The van der Waals surface area contributed by atoms with Gasteiger partial charge in [-0.25, -0.2) is 0 Å². The lowest BCUT2D eigenvalue weighted by molar-refractivity contribution is -0.128. The highest BCUT2D eigenvalue weighted by Gasteiger charge is 2.26. The number of hydrogen-bond acceptors (Lipinski definition) is 4. The topological polar surface area (TPSA) is 67.9 Å². The maximum Gasteiger partial charge on any atom is 0.260 e. The van der Waals surface area contributed by atoms with Gasteiger partial charge in [0.05, 0.1) is 11.6 Å². The van der Waals surface area contributed by atoms with Crippen molar-refractivity contribution in [2.24, 2.45) is 0 Å². The van der Waals surface area contributed by atoms with E-state index in [-0.39, 0.29) is 22.9 Å². The van der Waals surface area contributed by atoms with Crippen LogP contribution >= 0.6 is 23.2 Å². The van der Waals surface area contributed by atoms with Gasteiger partial charge in [-0.1, -0.05) is 29.3 Å². The molecule has 0 spiro atoms. The Morgan fingerprint density at radius 3 is 2.45 bits per heavy atom. The molecule has 3 rings (SSSR count). The van der Waals surface area contributed by atoms with Gasteiger partial charge in [0, 0.05) is 24.7 Å². The Hall–Kier alpha value is -2.44. The largest absolute Gasteiger partial charge is 0.494 e. The number of carbonyl (C=O) groups is 2. The lowest BCUT2D eigenvalue weighted by atomic mass is 10.0. The third-order valence-corrected chi connectivity index (χ3v) is 5.93. The number of amides is 2. The van der Waals surface area contributed by atoms with Gasteiger partial charge < -0.3 is 19.7 Å². The molecule has 0 aromatic heterocycles. The minimum Gasteiger partial charge on any atom is -0.494 e. The number of ether oxygens (including phenoxy) is 2. The number of rotatable bonds is 7. The van der Waals surface area contributed by atoms with Crippen LogP contribution in [0.3, 0.4) is 0 Å². The highest BCUT2D eigenvalue weighted by molar-refractivity contribution is 6.42. The van der Waals surface area contributed by atoms with Crippen molar-refractivity contribution in [2.45, 2.75) is 38.8 Å². The van der Waals surface area contributed by atoms with Crippen LogP contribution in [0.4, 0.5) is 0 Å². The van der Waals surface area contributed by atoms with E-state index in [2.05, 4.69) is 5.32 Å². The van der Waals surface area contributed by atoms with E-state index in [1.54, 1.807) is 49.4 Å². The average Bonchev–Trinajstić information content (AvgIpc) is 2.77. The molecule has 8 heteroatoms. The summed E-state index contributed by atoms with van der Waals surface area (Å²) >= 11 is 12.1. The van der Waals surface area contributed by atoms with Crippen molar-refractivity contribution in [1.29, 1.82) is 0 Å². The number of carbonyl (C=O) groups excluding carboxylic acids is 2. The lowest BCUT2D eigenvalue weighted by Gasteiger charge is -2.33. The molecule has 1 unspecified atom stereocenters. The molecule has 0 aliphatic carbocycles. The fourth-order valence-corrected chi connectivity index (χ4v) is 3.74. The second-order valence-corrected chi connectivity index (χ2v) is 8.13. The van der Waals surface area contributed by atoms with E-state index in [4.69, 9.17) is 32.7 Å². The van der Waals surface area contributed by atoms with Crippen molar-refractivity contribution in [3.63, 3.8) is 0 Å². The van der Waals surface area contributed by atoms with E-state index in [1.165, 1.54) is 0 Å². The van der Waals surface area contributed by atoms with Gasteiger partial charge in [-0.2, -0.15) is 0 Å². The molecule has 1 N–H and O–H groups in total. The minimum absolute atomic E-state index is 0.0138. The van der Waals surface area contributed by atoms with Crippen LogP contribution in [0.15, 0.2) is 42.5 Å². The summed E-state index contributed by atoms with van der Waals surface area (Å²) in [4.78, 5) is 27.1. The summed E-state index contributed by atoms with van der Waals surface area (Å²) in [6, 6.07) is 12.2. The van der Waals surface area contributed by atoms with Crippen molar-refractivity contribution < 1.29 is 19.1 Å². The Labute approximate surface area is 192 Å². The SMILES string of the molecule is CCOc1ccc(C(=O)N2CCC(NC(=O)C(C)Oc3cccc(Cl)c3Cl)CC2)cc1. The summed E-state index contributed by atoms with van der Waals surface area (Å²) in [7, 11) is 0. The smallest absolute Gasteiger partial charge is 0.260 e. The summed E-state index contributed by atoms with van der Waals surface area (Å²) in [6.45, 7) is 5.32. The quantitative estimate of drug-likeness (QED) is 0.650. The van der Waals surface area contributed by atoms with E-state index in [0.717, 1.165) is 5.75 Å². The van der Waals surface area contributed by atoms with Crippen LogP contribution in [0.2, 0.25) is 10.0 Å². The van der Waals surface area contributed by atoms with E-state index in [0.29, 0.717) is 48.9 Å². The molecule has 6 nitrogen and oxygen atoms in total. The Balaban J connectivity index is 1.48. The third-order valence-electron chi connectivity index (χ3n) is 5.13. The fourth-order valence-electron chi connectivity index (χ4n) is 3.41. The number of nitrogens with one attached hydrogen (secondary N) is 1. The fraction of sp³-hybridized carbons (Fsp3) is 0.391. The van der Waals surface area contributed by atoms with Crippen molar-refractivity contribution in [1.82, 2.24) is 10.2 Å². The van der Waals surface area contributed by atoms with Crippen LogP contribution in [-0.4, -0.2) is 48.6 Å². The second-order valence-electron chi connectivity index (χ2n) is 7.34. The first-order valence-corrected chi connectivity index (χ1v) is 11.1. The summed E-state index contributed by atoms with van der Waals surface area (Å²) in [5.74, 6) is 0.871. The van der Waals surface area contributed by atoms with Gasteiger partial charge in [0.25, 0.3) is 11.8 Å². The van der Waals surface area contributed by atoms with E-state index in [1.807, 2.05) is 11.8 Å². The van der Waals surface area contributed by atoms with Gasteiger partial charge in [0.1, 0.15) is 16.5 Å². The zero-order valence-electron chi connectivity index (χ0n) is 17.6. The molecule has 0 bridgehead atoms. The normalized spacial score (nSPS) is 15.3. The Bertz CT molecular complexity index is 912. The molecule has 2 aromatic carbocycles. The molecule has 31 heavy (non-hydrogen) atoms. The summed E-state index contributed by atoms with van der Waals surface area (Å²) in [5, 5.41) is 3.65. The monoisotopic (exact) mass is 464 g/mol. The van der Waals surface area contributed by atoms with E-state index < -0.39 is 6.10 Å². The molecule has 2 aromatic rings. The molecule has 0 saturated carbocycles. The number of benzene rings is 2. The van der Waals surface area contributed by atoms with Gasteiger partial charge in [-0.3, -0.25) is 9.59 Å². The highest BCUT2D eigenvalue weighted by atomic mass is 35.5. The molecule has 1 heterocycles. The van der Waals surface area contributed by atoms with Crippen LogP contribution in [0, 0.1) is 0 Å². The van der Waals surface area contributed by atoms with Crippen LogP contribution in [0.1, 0.15) is 37.0 Å². The molecule has 0 radical (unpaired) electrons. The van der Waals surface area contributed by atoms with Crippen LogP contribution in [0.25, 0.3) is 0 Å². The van der Waals surface area contributed by atoms with Gasteiger partial charge in [0.15, 0.2) is 6.10 Å². The number of nitrogens with zero attached hydrogens (tertiary/aromatic N) is 1. The molecule has 1 atom stereocenters. The standard InChI is InChI=1S/C23H26Cl2N2O4/c1-3-30-18-9-7-16(8-10-18)23(29)27-13-11-17(12-14-27)26-22(28)15(2)31-20-6-4-5-19(24)21(20)25/h4-10,15,17H,3,11-14H2,1-2H3,(H,26,28). The van der Waals surface area contributed by atoms with Crippen molar-refractivity contribution in [3.05, 3.63) is 58.1 Å². The minimum atomic E-state index is -0.723. The predicted molar refractivity (Wildman–Crippen MR) is 121 cm³/mol. The third kappa shape index (κ3) is 6.05. The molecule has 1 fully saturated rings. The first-order valence-electron chi connectivity index (χ1n) is 10.3. The van der Waals surface area contributed by atoms with Crippen molar-refractivity contribution in [3.8, 4) is 11.5 Å². The molecule has 2 amide bonds. The van der Waals surface area contributed by atoms with E-state index >= 15 is 0 Å². The summed E-state index contributed by atoms with van der Waals surface area (Å²) in [6.07, 6.45) is 0.637. The van der Waals surface area contributed by atoms with Crippen molar-refractivity contribution in [2.75, 3.05) is 19.7 Å². The number of halogens is 2. The Kier molecular flexibility index (Phi) is 8.04. The number of hydrogen-bond donors (Lipinski definition) is 1. The van der Waals surface area contributed by atoms with Crippen LogP contribution < -0.4 is 14.8 Å². The maximum absolute atomic E-state index is 12.7. The zero-order chi connectivity index (χ0) is 22.4. The van der Waals surface area contributed by atoms with Crippen LogP contribution in [-0.2, 0) is 4.79 Å². The predicted octanol–water partition coefficient (Wildman–Crippen LogP) is 4.58. The number of likely N-dealkylation sites (tertiary alicyclic amines) is 1. The Morgan fingerprint density at radius 2 is 1.81 bits per heavy atom. The van der Waals surface area contributed by atoms with Gasteiger partial charge >= 0.3 is 0 Å². The summed E-state index contributed by atoms with van der Waals surface area (Å²) < 4.78 is 11.1. The molecule has 1 aliphatic rings. The molecule has 1 saturated heterocycles. The maximum atomic E-state index is 12.7. The molecular formula is C23H26Cl2N2O4. The second kappa shape index (κ2) is 10.7. The van der Waals surface area contributed by atoms with Crippen molar-refractivity contribution >= 4 is 35.0 Å². The molecule has 166 valence electrons. The van der Waals surface area contributed by atoms with E-state index in [9.17, 15) is 9.59 Å². The average molecular weight is 465 g/mol. The van der Waals surface area contributed by atoms with Crippen LogP contribution in [0.5, 0.6) is 11.5 Å². The lowest BCUT2D eigenvalue weighted by Crippen LogP contribution is -2.49. The van der Waals surface area contributed by atoms with Gasteiger partial charge in [0.2, 0.25) is 0 Å². The first kappa shape index (κ1) is 23.2. The molecule has 1 aliphatic heterocycles. The summed E-state index contributed by atoms with van der Waals surface area (Å²) in [5.41, 5.74) is 0.631. The highest BCUT2D eigenvalue weighted by Crippen LogP contribution is 2.32. The van der Waals surface area contributed by atoms with Gasteiger partial charge in [-0.15, -0.1) is 0 Å². The molecular weight excluding hydrogens is 439 g/mol.